The van der Waals surface area contributed by atoms with Crippen LogP contribution in [0, 0.1) is 45.8 Å². The maximum Gasteiger partial charge on any atom is 0.230 e. The lowest BCUT2D eigenvalue weighted by Gasteiger charge is -2.69. The van der Waals surface area contributed by atoms with Crippen LogP contribution in [0.3, 0.4) is 0 Å². The number of hydrogen-bond acceptors (Lipinski definition) is 9. The van der Waals surface area contributed by atoms with Crippen molar-refractivity contribution in [1.82, 2.24) is 0 Å². The first kappa shape index (κ1) is 29.9. The van der Waals surface area contributed by atoms with Crippen molar-refractivity contribution in [3.05, 3.63) is 64.7 Å². The number of aliphatic hydroxyl groups excluding tert-OH is 3. The van der Waals surface area contributed by atoms with Crippen LogP contribution in [0.25, 0.3) is 0 Å². The number of fused-ring (bicyclic) bond motifs is 3. The molecule has 2 unspecified atom stereocenters. The summed E-state index contributed by atoms with van der Waals surface area (Å²) in [5.41, 5.74) is 0.691. The van der Waals surface area contributed by atoms with Gasteiger partial charge in [-0.3, -0.25) is 14.4 Å². The number of ketones is 2. The number of nitrogens with two attached hydrogens (primary N) is 1. The van der Waals surface area contributed by atoms with Gasteiger partial charge in [-0.1, -0.05) is 52.0 Å². The molecule has 0 aliphatic heterocycles. The van der Waals surface area contributed by atoms with E-state index < -0.39 is 81.8 Å². The van der Waals surface area contributed by atoms with E-state index in [9.17, 15) is 45.2 Å². The number of rotatable bonds is 4. The molecule has 222 valence electrons. The van der Waals surface area contributed by atoms with E-state index in [0.29, 0.717) is 11.1 Å². The fraction of sp³-hybridized carbons (Fsp3) is 0.500. The number of nitrogens with zero attached hydrogens (tertiary/aromatic N) is 1. The van der Waals surface area contributed by atoms with E-state index in [-0.39, 0.29) is 17.7 Å². The molecule has 3 aliphatic rings. The highest BCUT2D eigenvalue weighted by Gasteiger charge is 2.80. The van der Waals surface area contributed by atoms with E-state index in [1.165, 1.54) is 13.0 Å². The van der Waals surface area contributed by atoms with E-state index >= 15 is 0 Å². The summed E-state index contributed by atoms with van der Waals surface area (Å²) >= 11 is 0. The van der Waals surface area contributed by atoms with Crippen molar-refractivity contribution in [1.29, 1.82) is 5.26 Å². The van der Waals surface area contributed by atoms with Gasteiger partial charge >= 0.3 is 0 Å². The number of amides is 1. The number of phenolic OH excluding ortho intramolecular Hbond substituents is 1. The molecule has 2 saturated carbocycles. The van der Waals surface area contributed by atoms with E-state index in [1.54, 1.807) is 57.2 Å². The molecular formula is C32H36N2O8. The lowest BCUT2D eigenvalue weighted by molar-refractivity contribution is -0.307. The summed E-state index contributed by atoms with van der Waals surface area (Å²) in [4.78, 5) is 40.6. The number of carbonyl (C=O) groups excluding carboxylic acids is 3. The van der Waals surface area contributed by atoms with Gasteiger partial charge in [-0.25, -0.2) is 0 Å². The summed E-state index contributed by atoms with van der Waals surface area (Å²) in [6.45, 7) is 6.43. The third kappa shape index (κ3) is 3.54. The first-order chi connectivity index (χ1) is 19.6. The van der Waals surface area contributed by atoms with Crippen molar-refractivity contribution >= 4 is 17.5 Å². The van der Waals surface area contributed by atoms with Crippen LogP contribution in [-0.2, 0) is 16.0 Å². The molecule has 0 bridgehead atoms. The quantitative estimate of drug-likeness (QED) is 0.289. The Kier molecular flexibility index (Phi) is 6.90. The van der Waals surface area contributed by atoms with Crippen LogP contribution >= 0.6 is 0 Å². The summed E-state index contributed by atoms with van der Waals surface area (Å²) in [5.74, 6) is -9.39. The topological polar surface area (TPSA) is 202 Å². The molecule has 0 heterocycles. The number of aliphatic hydroxyl groups is 4. The molecule has 7 N–H and O–H groups in total. The molecule has 10 heteroatoms. The molecule has 0 spiro atoms. The smallest absolute Gasteiger partial charge is 0.230 e. The molecule has 0 radical (unpaired) electrons. The molecule has 10 nitrogen and oxygen atoms in total. The number of aromatic hydroxyl groups is 1. The molecular weight excluding hydrogens is 540 g/mol. The normalized spacial score (nSPS) is 39.2. The highest BCUT2D eigenvalue weighted by atomic mass is 16.4. The molecule has 0 saturated heterocycles. The average Bonchev–Trinajstić information content (AvgIpc) is 2.92. The van der Waals surface area contributed by atoms with Crippen molar-refractivity contribution in [2.24, 2.45) is 40.2 Å². The Hall–Kier alpha value is -3.62. The number of benzene rings is 2. The first-order valence-electron chi connectivity index (χ1n) is 14.0. The average molecular weight is 577 g/mol. The van der Waals surface area contributed by atoms with Gasteiger partial charge in [-0.05, 0) is 53.5 Å². The third-order valence-corrected chi connectivity index (χ3v) is 10.7. The van der Waals surface area contributed by atoms with Crippen molar-refractivity contribution in [2.45, 2.75) is 63.9 Å². The number of hydrogen-bond donors (Lipinski definition) is 6. The number of Topliss-reactive ketones (excluding diaryl/α,β-unsaturated/α-hetero) is 2. The Labute approximate surface area is 243 Å². The van der Waals surface area contributed by atoms with Crippen LogP contribution in [0.1, 0.15) is 60.7 Å². The molecule has 5 rings (SSSR count). The molecule has 2 aromatic rings. The number of phenols is 1. The molecule has 0 aromatic heterocycles. The second kappa shape index (κ2) is 9.71. The minimum atomic E-state index is -2.85. The maximum atomic E-state index is 14.2. The van der Waals surface area contributed by atoms with Crippen molar-refractivity contribution in [3.63, 3.8) is 0 Å². The molecule has 10 atom stereocenters. The summed E-state index contributed by atoms with van der Waals surface area (Å²) in [6, 6.07) is 13.4. The molecule has 3 aliphatic carbocycles. The zero-order valence-corrected chi connectivity index (χ0v) is 23.9. The highest BCUT2D eigenvalue weighted by molar-refractivity contribution is 6.09. The first-order valence-corrected chi connectivity index (χ1v) is 14.0. The van der Waals surface area contributed by atoms with Gasteiger partial charge in [0.25, 0.3) is 0 Å². The Balaban J connectivity index is 1.80. The molecule has 42 heavy (non-hydrogen) atoms. The van der Waals surface area contributed by atoms with Crippen LogP contribution in [0.2, 0.25) is 0 Å². The number of nitriles is 1. The zero-order valence-electron chi connectivity index (χ0n) is 23.9. The SMILES string of the molecule is CC(C)[C@H]1C(O)[C@@H](C(N)=O)C(=O)[C@]2(O)C(O)[C@H]3C(=O)c4c(O)cccc4[C@@H](Cc4ccc(C#N)cc4)[C@]3(C)[C@@H](O)[C@]12C. The van der Waals surface area contributed by atoms with Crippen molar-refractivity contribution in [3.8, 4) is 11.8 Å². The minimum Gasteiger partial charge on any atom is -0.507 e. The standard InChI is InChI=1S/C32H36N2O8/c1-14(2)22-25(37)21(28(34)40)26(38)32(42)27(39)23-24(36)20-17(6-5-7-19(20)35)18(30(23,3)29(41)31(22,32)4)12-15-8-10-16(13-33)11-9-15/h5-11,14,18,21-23,25,27,29,35,37,39,41-42H,12H2,1-4H3,(H2,34,40)/t18-,21-,22+,23-,25?,27?,29-,30+,31+,32+/m1/s1. The summed E-state index contributed by atoms with van der Waals surface area (Å²) in [5, 5.41) is 68.4. The van der Waals surface area contributed by atoms with Gasteiger partial charge < -0.3 is 31.3 Å². The summed E-state index contributed by atoms with van der Waals surface area (Å²) in [6.07, 6.45) is -5.27. The Bertz CT molecular complexity index is 1520. The van der Waals surface area contributed by atoms with Gasteiger partial charge in [-0.15, -0.1) is 0 Å². The predicted octanol–water partition coefficient (Wildman–Crippen LogP) is 1.20. The number of primary amides is 1. The Morgan fingerprint density at radius 3 is 2.24 bits per heavy atom. The lowest BCUT2D eigenvalue weighted by Crippen LogP contribution is -2.83. The lowest BCUT2D eigenvalue weighted by atomic mass is 9.36. The van der Waals surface area contributed by atoms with Crippen LogP contribution in [0.4, 0.5) is 0 Å². The zero-order chi connectivity index (χ0) is 31.1. The van der Waals surface area contributed by atoms with E-state index in [0.717, 1.165) is 5.56 Å². The molecule has 2 fully saturated rings. The van der Waals surface area contributed by atoms with Gasteiger partial charge in [0.2, 0.25) is 5.91 Å². The van der Waals surface area contributed by atoms with Gasteiger partial charge in [0.15, 0.2) is 17.2 Å². The number of carbonyl (C=O) groups is 3. The van der Waals surface area contributed by atoms with Gasteiger partial charge in [-0.2, -0.15) is 5.26 Å². The minimum absolute atomic E-state index is 0.0905. The van der Waals surface area contributed by atoms with Crippen molar-refractivity contribution in [2.75, 3.05) is 0 Å². The highest BCUT2D eigenvalue weighted by Crippen LogP contribution is 2.68. The second-order valence-corrected chi connectivity index (χ2v) is 12.9. The van der Waals surface area contributed by atoms with E-state index in [2.05, 4.69) is 6.07 Å². The van der Waals surface area contributed by atoms with Crippen LogP contribution in [0.5, 0.6) is 5.75 Å². The monoisotopic (exact) mass is 576 g/mol. The molecule has 1 amide bonds. The van der Waals surface area contributed by atoms with Gasteiger partial charge in [0, 0.05) is 10.8 Å². The summed E-state index contributed by atoms with van der Waals surface area (Å²) < 4.78 is 0. The predicted molar refractivity (Wildman–Crippen MR) is 149 cm³/mol. The van der Waals surface area contributed by atoms with E-state index in [1.807, 2.05) is 0 Å². The second-order valence-electron chi connectivity index (χ2n) is 12.9. The third-order valence-electron chi connectivity index (χ3n) is 10.7. The van der Waals surface area contributed by atoms with Gasteiger partial charge in [0.05, 0.1) is 35.3 Å². The largest absolute Gasteiger partial charge is 0.507 e. The maximum absolute atomic E-state index is 14.2. The summed E-state index contributed by atoms with van der Waals surface area (Å²) in [7, 11) is 0. The van der Waals surface area contributed by atoms with E-state index in [4.69, 9.17) is 5.73 Å². The Morgan fingerprint density at radius 2 is 1.69 bits per heavy atom. The van der Waals surface area contributed by atoms with Crippen LogP contribution in [0.15, 0.2) is 42.5 Å². The van der Waals surface area contributed by atoms with Crippen LogP contribution < -0.4 is 5.73 Å². The van der Waals surface area contributed by atoms with Crippen LogP contribution in [-0.4, -0.2) is 66.9 Å². The Morgan fingerprint density at radius 1 is 1.07 bits per heavy atom. The fourth-order valence-corrected chi connectivity index (χ4v) is 8.83. The van der Waals surface area contributed by atoms with Crippen molar-refractivity contribution < 1.29 is 39.9 Å². The molecule has 2 aromatic carbocycles. The van der Waals surface area contributed by atoms with Gasteiger partial charge in [0.1, 0.15) is 17.8 Å². The fourth-order valence-electron chi connectivity index (χ4n) is 8.83.